The van der Waals surface area contributed by atoms with Crippen molar-refractivity contribution >= 4 is 22.8 Å². The van der Waals surface area contributed by atoms with Crippen molar-refractivity contribution in [2.24, 2.45) is 7.05 Å². The lowest BCUT2D eigenvalue weighted by atomic mass is 10.1. The molecule has 27 heavy (non-hydrogen) atoms. The minimum absolute atomic E-state index is 0.0667. The molecule has 0 aliphatic heterocycles. The first kappa shape index (κ1) is 17.1. The summed E-state index contributed by atoms with van der Waals surface area (Å²) < 4.78 is 8.88. The van der Waals surface area contributed by atoms with Gasteiger partial charge in [0.1, 0.15) is 11.3 Å². The van der Waals surface area contributed by atoms with E-state index in [0.29, 0.717) is 12.5 Å². The number of nitrogens with one attached hydrogen (secondary N) is 1. The Kier molecular flexibility index (Phi) is 4.51. The third kappa shape index (κ3) is 3.49. The van der Waals surface area contributed by atoms with Crippen LogP contribution in [0.15, 0.2) is 42.7 Å². The van der Waals surface area contributed by atoms with Crippen LogP contribution >= 0.6 is 0 Å². The van der Waals surface area contributed by atoms with Crippen LogP contribution in [0.2, 0.25) is 0 Å². The monoisotopic (exact) mass is 364 g/mol. The van der Waals surface area contributed by atoms with E-state index in [1.165, 1.54) is 0 Å². The summed E-state index contributed by atoms with van der Waals surface area (Å²) in [6, 6.07) is 9.72. The second kappa shape index (κ2) is 7.12. The molecule has 0 radical (unpaired) electrons. The van der Waals surface area contributed by atoms with E-state index in [0.717, 1.165) is 28.1 Å². The predicted molar refractivity (Wildman–Crippen MR) is 102 cm³/mol. The van der Waals surface area contributed by atoms with Crippen molar-refractivity contribution in [3.63, 3.8) is 0 Å². The molecule has 1 aromatic carbocycles. The highest BCUT2D eigenvalue weighted by Gasteiger charge is 2.11. The van der Waals surface area contributed by atoms with Gasteiger partial charge in [0.25, 0.3) is 0 Å². The van der Waals surface area contributed by atoms with Crippen LogP contribution in [-0.2, 0) is 18.3 Å². The van der Waals surface area contributed by atoms with Crippen LogP contribution in [0.4, 0.5) is 11.8 Å². The highest BCUT2D eigenvalue weighted by molar-refractivity contribution is 5.80. The van der Waals surface area contributed by atoms with Crippen LogP contribution in [0, 0.1) is 0 Å². The number of hydrogen-bond donors (Lipinski definition) is 1. The SMILES string of the molecule is COC(C)Cn1nnc2cc(-c3ccnc(Nc4ccnn4C)n3)ccc21. The second-order valence-corrected chi connectivity index (χ2v) is 6.25. The van der Waals surface area contributed by atoms with Crippen molar-refractivity contribution in [1.82, 2.24) is 34.7 Å². The van der Waals surface area contributed by atoms with Gasteiger partial charge >= 0.3 is 0 Å². The van der Waals surface area contributed by atoms with Crippen LogP contribution < -0.4 is 5.32 Å². The van der Waals surface area contributed by atoms with Gasteiger partial charge in [-0.3, -0.25) is 4.68 Å². The van der Waals surface area contributed by atoms with E-state index >= 15 is 0 Å². The van der Waals surface area contributed by atoms with E-state index in [9.17, 15) is 0 Å². The third-order valence-electron chi connectivity index (χ3n) is 4.36. The minimum Gasteiger partial charge on any atom is -0.380 e. The summed E-state index contributed by atoms with van der Waals surface area (Å²) in [5.41, 5.74) is 3.53. The molecular formula is C18H20N8O. The number of anilines is 2. The molecule has 3 heterocycles. The van der Waals surface area contributed by atoms with Gasteiger partial charge in [-0.25, -0.2) is 14.6 Å². The van der Waals surface area contributed by atoms with Crippen molar-refractivity contribution in [1.29, 1.82) is 0 Å². The summed E-state index contributed by atoms with van der Waals surface area (Å²) in [4.78, 5) is 8.88. The molecular weight excluding hydrogens is 344 g/mol. The van der Waals surface area contributed by atoms with Gasteiger partial charge in [0, 0.05) is 32.0 Å². The lowest BCUT2D eigenvalue weighted by Gasteiger charge is -2.09. The Morgan fingerprint density at radius 2 is 2.07 bits per heavy atom. The molecule has 0 aliphatic rings. The fraction of sp³-hybridized carbons (Fsp3) is 0.278. The van der Waals surface area contributed by atoms with E-state index in [2.05, 4.69) is 30.7 Å². The van der Waals surface area contributed by atoms with Gasteiger partial charge in [-0.2, -0.15) is 5.10 Å². The van der Waals surface area contributed by atoms with Crippen molar-refractivity contribution < 1.29 is 4.74 Å². The number of nitrogens with zero attached hydrogens (tertiary/aromatic N) is 7. The molecule has 3 aromatic heterocycles. The normalized spacial score (nSPS) is 12.4. The minimum atomic E-state index is 0.0667. The van der Waals surface area contributed by atoms with Gasteiger partial charge in [-0.15, -0.1) is 5.10 Å². The second-order valence-electron chi connectivity index (χ2n) is 6.25. The van der Waals surface area contributed by atoms with E-state index < -0.39 is 0 Å². The highest BCUT2D eigenvalue weighted by atomic mass is 16.5. The molecule has 1 atom stereocenters. The standard InChI is InChI=1S/C18H20N8O/c1-12(27-3)11-26-16-5-4-13(10-15(16)23-24-26)14-6-8-19-18(21-14)22-17-7-9-20-25(17)2/h4-10,12H,11H2,1-3H3,(H,19,21,22). The zero-order valence-electron chi connectivity index (χ0n) is 15.4. The number of ether oxygens (including phenoxy) is 1. The average molecular weight is 364 g/mol. The smallest absolute Gasteiger partial charge is 0.228 e. The van der Waals surface area contributed by atoms with E-state index in [4.69, 9.17) is 4.74 Å². The Balaban J connectivity index is 1.62. The number of methoxy groups -OCH3 is 1. The number of rotatable bonds is 6. The van der Waals surface area contributed by atoms with Gasteiger partial charge in [0.15, 0.2) is 0 Å². The number of hydrogen-bond acceptors (Lipinski definition) is 7. The molecule has 0 spiro atoms. The lowest BCUT2D eigenvalue weighted by Crippen LogP contribution is -2.15. The summed E-state index contributed by atoms with van der Waals surface area (Å²) in [7, 11) is 3.54. The average Bonchev–Trinajstić information content (AvgIpc) is 3.28. The number of aromatic nitrogens is 7. The number of fused-ring (bicyclic) bond motifs is 1. The molecule has 4 rings (SSSR count). The predicted octanol–water partition coefficient (Wildman–Crippen LogP) is 2.40. The lowest BCUT2D eigenvalue weighted by molar-refractivity contribution is 0.100. The Hall–Kier alpha value is -3.33. The first-order valence-electron chi connectivity index (χ1n) is 8.58. The van der Waals surface area contributed by atoms with Crippen LogP contribution in [0.25, 0.3) is 22.3 Å². The Morgan fingerprint density at radius 3 is 2.85 bits per heavy atom. The molecule has 0 bridgehead atoms. The van der Waals surface area contributed by atoms with Crippen LogP contribution in [0.3, 0.4) is 0 Å². The molecule has 1 unspecified atom stereocenters. The molecule has 1 N–H and O–H groups in total. The van der Waals surface area contributed by atoms with Crippen molar-refractivity contribution in [2.75, 3.05) is 12.4 Å². The summed E-state index contributed by atoms with van der Waals surface area (Å²) in [6.07, 6.45) is 3.51. The summed E-state index contributed by atoms with van der Waals surface area (Å²) in [6.45, 7) is 2.65. The number of aryl methyl sites for hydroxylation is 1. The largest absolute Gasteiger partial charge is 0.380 e. The fourth-order valence-electron chi connectivity index (χ4n) is 2.78. The van der Waals surface area contributed by atoms with E-state index in [1.807, 2.05) is 49.0 Å². The topological polar surface area (TPSA) is 95.6 Å². The molecule has 138 valence electrons. The number of benzene rings is 1. The van der Waals surface area contributed by atoms with Gasteiger partial charge < -0.3 is 10.1 Å². The quantitative estimate of drug-likeness (QED) is 0.561. The first-order chi connectivity index (χ1) is 13.1. The highest BCUT2D eigenvalue weighted by Crippen LogP contribution is 2.23. The molecule has 9 heteroatoms. The van der Waals surface area contributed by atoms with Gasteiger partial charge in [0.05, 0.1) is 30.1 Å². The molecule has 4 aromatic rings. The Labute approximate surface area is 156 Å². The van der Waals surface area contributed by atoms with Crippen LogP contribution in [0.5, 0.6) is 0 Å². The summed E-state index contributed by atoms with van der Waals surface area (Å²) in [5, 5.41) is 15.8. The van der Waals surface area contributed by atoms with Crippen molar-refractivity contribution in [2.45, 2.75) is 19.6 Å². The fourth-order valence-corrected chi connectivity index (χ4v) is 2.78. The maximum Gasteiger partial charge on any atom is 0.228 e. The molecule has 0 saturated heterocycles. The zero-order valence-corrected chi connectivity index (χ0v) is 15.4. The van der Waals surface area contributed by atoms with Crippen LogP contribution in [-0.4, -0.2) is 48.0 Å². The van der Waals surface area contributed by atoms with Crippen molar-refractivity contribution in [3.05, 3.63) is 42.7 Å². The Bertz CT molecular complexity index is 1070. The first-order valence-corrected chi connectivity index (χ1v) is 8.58. The van der Waals surface area contributed by atoms with Gasteiger partial charge in [-0.05, 0) is 25.1 Å². The van der Waals surface area contributed by atoms with E-state index in [1.54, 1.807) is 24.2 Å². The zero-order chi connectivity index (χ0) is 18.8. The van der Waals surface area contributed by atoms with Crippen molar-refractivity contribution in [3.8, 4) is 11.3 Å². The third-order valence-corrected chi connectivity index (χ3v) is 4.36. The molecule has 9 nitrogen and oxygen atoms in total. The maximum absolute atomic E-state index is 5.31. The maximum atomic E-state index is 5.31. The summed E-state index contributed by atoms with van der Waals surface area (Å²) in [5.74, 6) is 1.33. The molecule has 0 saturated carbocycles. The van der Waals surface area contributed by atoms with Gasteiger partial charge in [-0.1, -0.05) is 11.3 Å². The Morgan fingerprint density at radius 1 is 1.19 bits per heavy atom. The molecule has 0 fully saturated rings. The van der Waals surface area contributed by atoms with Gasteiger partial charge in [0.2, 0.25) is 5.95 Å². The molecule has 0 amide bonds. The molecule has 0 aliphatic carbocycles. The van der Waals surface area contributed by atoms with Crippen LogP contribution in [0.1, 0.15) is 6.92 Å². The summed E-state index contributed by atoms with van der Waals surface area (Å²) >= 11 is 0. The van der Waals surface area contributed by atoms with E-state index in [-0.39, 0.29) is 6.10 Å².